The van der Waals surface area contributed by atoms with Crippen LogP contribution in [0.25, 0.3) is 0 Å². The number of hydrogen-bond donors (Lipinski definition) is 2. The monoisotopic (exact) mass is 397 g/mol. The second-order valence-electron chi connectivity index (χ2n) is 5.02. The fourth-order valence-electron chi connectivity index (χ4n) is 1.85. The molecule has 0 aliphatic heterocycles. The van der Waals surface area contributed by atoms with Gasteiger partial charge in [-0.3, -0.25) is 9.59 Å². The number of nitrogens with one attached hydrogen (secondary N) is 2. The zero-order valence-electron chi connectivity index (χ0n) is 12.9. The van der Waals surface area contributed by atoms with E-state index in [1.807, 2.05) is 0 Å². The second-order valence-corrected chi connectivity index (χ2v) is 6.30. The van der Waals surface area contributed by atoms with Crippen LogP contribution in [0.4, 0.5) is 5.69 Å². The van der Waals surface area contributed by atoms with Crippen LogP contribution in [0.1, 0.15) is 18.4 Å². The lowest BCUT2D eigenvalue weighted by molar-refractivity contribution is -0.124. The van der Waals surface area contributed by atoms with Crippen molar-refractivity contribution >= 4 is 58.5 Å². The highest BCUT2D eigenvalue weighted by molar-refractivity contribution is 6.36. The predicted octanol–water partition coefficient (Wildman–Crippen LogP) is 4.52. The van der Waals surface area contributed by atoms with E-state index < -0.39 is 0 Å². The van der Waals surface area contributed by atoms with Gasteiger partial charge in [-0.25, -0.2) is 5.43 Å². The predicted molar refractivity (Wildman–Crippen MR) is 102 cm³/mol. The van der Waals surface area contributed by atoms with Crippen molar-refractivity contribution < 1.29 is 9.59 Å². The molecule has 8 heteroatoms. The van der Waals surface area contributed by atoms with Gasteiger partial charge in [-0.15, -0.1) is 0 Å². The van der Waals surface area contributed by atoms with Crippen LogP contribution in [-0.4, -0.2) is 18.0 Å². The molecule has 0 saturated carbocycles. The molecule has 0 unspecified atom stereocenters. The quantitative estimate of drug-likeness (QED) is 0.555. The van der Waals surface area contributed by atoms with Crippen molar-refractivity contribution in [2.24, 2.45) is 5.10 Å². The molecule has 0 aliphatic carbocycles. The summed E-state index contributed by atoms with van der Waals surface area (Å²) in [5.74, 6) is -0.676. The lowest BCUT2D eigenvalue weighted by atomic mass is 10.2. The maximum absolute atomic E-state index is 11.8. The topological polar surface area (TPSA) is 70.6 Å². The first-order valence-electron chi connectivity index (χ1n) is 7.26. The second kappa shape index (κ2) is 9.42. The van der Waals surface area contributed by atoms with Gasteiger partial charge in [0.2, 0.25) is 11.8 Å². The molecule has 0 radical (unpaired) electrons. The third-order valence-electron chi connectivity index (χ3n) is 3.04. The SMILES string of the molecule is O=C(CCC(=O)Nc1cccc(Cl)c1)N/N=C\c1ccc(Cl)cc1Cl. The minimum atomic E-state index is -0.386. The summed E-state index contributed by atoms with van der Waals surface area (Å²) in [4.78, 5) is 23.5. The molecule has 25 heavy (non-hydrogen) atoms. The van der Waals surface area contributed by atoms with Crippen LogP contribution in [0, 0.1) is 0 Å². The summed E-state index contributed by atoms with van der Waals surface area (Å²) >= 11 is 17.6. The lowest BCUT2D eigenvalue weighted by Gasteiger charge is -2.05. The van der Waals surface area contributed by atoms with Gasteiger partial charge in [0.1, 0.15) is 0 Å². The van der Waals surface area contributed by atoms with Gasteiger partial charge < -0.3 is 5.32 Å². The molecule has 0 saturated heterocycles. The molecule has 5 nitrogen and oxygen atoms in total. The van der Waals surface area contributed by atoms with Crippen LogP contribution in [0.2, 0.25) is 15.1 Å². The highest BCUT2D eigenvalue weighted by Gasteiger charge is 2.07. The number of amides is 2. The van der Waals surface area contributed by atoms with Crippen molar-refractivity contribution in [1.82, 2.24) is 5.43 Å². The summed E-state index contributed by atoms with van der Waals surface area (Å²) in [6, 6.07) is 11.7. The van der Waals surface area contributed by atoms with Crippen LogP contribution in [0.3, 0.4) is 0 Å². The van der Waals surface area contributed by atoms with Gasteiger partial charge in [-0.05, 0) is 30.3 Å². The van der Waals surface area contributed by atoms with Crippen molar-refractivity contribution in [2.45, 2.75) is 12.8 Å². The van der Waals surface area contributed by atoms with E-state index >= 15 is 0 Å². The van der Waals surface area contributed by atoms with Crippen LogP contribution < -0.4 is 10.7 Å². The number of benzene rings is 2. The summed E-state index contributed by atoms with van der Waals surface area (Å²) < 4.78 is 0. The highest BCUT2D eigenvalue weighted by Crippen LogP contribution is 2.19. The van der Waals surface area contributed by atoms with Gasteiger partial charge in [-0.2, -0.15) is 5.10 Å². The van der Waals surface area contributed by atoms with Gasteiger partial charge in [-0.1, -0.05) is 46.9 Å². The lowest BCUT2D eigenvalue weighted by Crippen LogP contribution is -2.20. The molecule has 0 atom stereocenters. The molecule has 2 aromatic carbocycles. The van der Waals surface area contributed by atoms with Crippen molar-refractivity contribution in [3.8, 4) is 0 Å². The zero-order valence-corrected chi connectivity index (χ0v) is 15.2. The number of nitrogens with zero attached hydrogens (tertiary/aromatic N) is 1. The maximum atomic E-state index is 11.8. The van der Waals surface area contributed by atoms with Crippen molar-refractivity contribution in [1.29, 1.82) is 0 Å². The smallest absolute Gasteiger partial charge is 0.240 e. The van der Waals surface area contributed by atoms with Gasteiger partial charge >= 0.3 is 0 Å². The first kappa shape index (κ1) is 19.2. The van der Waals surface area contributed by atoms with E-state index in [9.17, 15) is 9.59 Å². The highest BCUT2D eigenvalue weighted by atomic mass is 35.5. The fourth-order valence-corrected chi connectivity index (χ4v) is 2.50. The van der Waals surface area contributed by atoms with E-state index in [-0.39, 0.29) is 24.7 Å². The molecule has 2 N–H and O–H groups in total. The Bertz CT molecular complexity index is 809. The molecule has 2 aromatic rings. The fraction of sp³-hybridized carbons (Fsp3) is 0.118. The molecule has 2 amide bonds. The molecule has 130 valence electrons. The number of hydrazone groups is 1. The standard InChI is InChI=1S/C17H14Cl3N3O2/c18-12-2-1-3-14(8-12)22-16(24)6-7-17(25)23-21-10-11-4-5-13(19)9-15(11)20/h1-5,8-10H,6-7H2,(H,22,24)(H,23,25)/b21-10-. The third kappa shape index (κ3) is 6.74. The number of carbonyl (C=O) groups excluding carboxylic acids is 2. The largest absolute Gasteiger partial charge is 0.326 e. The van der Waals surface area contributed by atoms with E-state index in [0.29, 0.717) is 26.3 Å². The molecular weight excluding hydrogens is 385 g/mol. The Hall–Kier alpha value is -2.08. The summed E-state index contributed by atoms with van der Waals surface area (Å²) in [5.41, 5.74) is 3.53. The Morgan fingerprint density at radius 3 is 2.40 bits per heavy atom. The molecule has 2 rings (SSSR count). The van der Waals surface area contributed by atoms with E-state index in [2.05, 4.69) is 15.8 Å². The van der Waals surface area contributed by atoms with E-state index in [1.54, 1.807) is 42.5 Å². The average molecular weight is 399 g/mol. The zero-order chi connectivity index (χ0) is 18.2. The third-order valence-corrected chi connectivity index (χ3v) is 3.84. The Labute approximate surface area is 160 Å². The number of hydrogen-bond acceptors (Lipinski definition) is 3. The van der Waals surface area contributed by atoms with Gasteiger partial charge in [0, 0.05) is 34.1 Å². The van der Waals surface area contributed by atoms with Gasteiger partial charge in [0.15, 0.2) is 0 Å². The summed E-state index contributed by atoms with van der Waals surface area (Å²) in [6.45, 7) is 0. The summed E-state index contributed by atoms with van der Waals surface area (Å²) in [5, 5.41) is 7.92. The minimum absolute atomic E-state index is 0.00190. The Balaban J connectivity index is 1.76. The number of halogens is 3. The van der Waals surface area contributed by atoms with Crippen LogP contribution in [0.5, 0.6) is 0 Å². The maximum Gasteiger partial charge on any atom is 0.240 e. The molecule has 0 aromatic heterocycles. The number of anilines is 1. The molecular formula is C17H14Cl3N3O2. The van der Waals surface area contributed by atoms with E-state index in [0.717, 1.165) is 0 Å². The van der Waals surface area contributed by atoms with E-state index in [1.165, 1.54) is 6.21 Å². The van der Waals surface area contributed by atoms with Crippen molar-refractivity contribution in [3.05, 3.63) is 63.1 Å². The normalized spacial score (nSPS) is 10.7. The first-order chi connectivity index (χ1) is 11.9. The Morgan fingerprint density at radius 2 is 1.68 bits per heavy atom. The summed E-state index contributed by atoms with van der Waals surface area (Å²) in [7, 11) is 0. The molecule has 0 heterocycles. The average Bonchev–Trinajstić information content (AvgIpc) is 2.55. The molecule has 0 fully saturated rings. The molecule has 0 bridgehead atoms. The Morgan fingerprint density at radius 1 is 0.960 bits per heavy atom. The Kier molecular flexibility index (Phi) is 7.25. The van der Waals surface area contributed by atoms with Gasteiger partial charge in [0.05, 0.1) is 11.2 Å². The van der Waals surface area contributed by atoms with E-state index in [4.69, 9.17) is 34.8 Å². The van der Waals surface area contributed by atoms with Crippen LogP contribution in [-0.2, 0) is 9.59 Å². The number of rotatable bonds is 6. The van der Waals surface area contributed by atoms with Crippen LogP contribution >= 0.6 is 34.8 Å². The van der Waals surface area contributed by atoms with Crippen LogP contribution in [0.15, 0.2) is 47.6 Å². The van der Waals surface area contributed by atoms with Crippen molar-refractivity contribution in [3.63, 3.8) is 0 Å². The van der Waals surface area contributed by atoms with Gasteiger partial charge in [0.25, 0.3) is 0 Å². The molecule has 0 spiro atoms. The number of carbonyl (C=O) groups is 2. The minimum Gasteiger partial charge on any atom is -0.326 e. The molecule has 0 aliphatic rings. The van der Waals surface area contributed by atoms with Crippen molar-refractivity contribution in [2.75, 3.05) is 5.32 Å². The first-order valence-corrected chi connectivity index (χ1v) is 8.40. The summed E-state index contributed by atoms with van der Waals surface area (Å²) in [6.07, 6.45) is 1.43.